The number of nitrogens with one attached hydrogen (secondary N) is 1. The zero-order chi connectivity index (χ0) is 15.8. The lowest BCUT2D eigenvalue weighted by atomic mass is 10.3. The molecule has 0 saturated heterocycles. The van der Waals surface area contributed by atoms with Gasteiger partial charge in [0.2, 0.25) is 0 Å². The summed E-state index contributed by atoms with van der Waals surface area (Å²) in [6.45, 7) is 2.15. The van der Waals surface area contributed by atoms with Crippen LogP contribution in [0.4, 0.5) is 20.3 Å². The summed E-state index contributed by atoms with van der Waals surface area (Å²) in [5.41, 5.74) is 4.97. The first-order chi connectivity index (χ1) is 9.74. The molecule has 6 nitrogen and oxygen atoms in total. The van der Waals surface area contributed by atoms with E-state index in [1.165, 1.54) is 10.9 Å². The van der Waals surface area contributed by atoms with Crippen molar-refractivity contribution in [2.45, 2.75) is 18.4 Å². The van der Waals surface area contributed by atoms with Crippen molar-refractivity contribution in [1.82, 2.24) is 9.78 Å². The second kappa shape index (κ2) is 5.49. The number of rotatable bonds is 4. The van der Waals surface area contributed by atoms with Gasteiger partial charge >= 0.3 is 0 Å². The molecule has 1 aromatic carbocycles. The number of aryl methyl sites for hydroxylation is 1. The lowest BCUT2D eigenvalue weighted by molar-refractivity contribution is 0.583. The molecule has 2 rings (SSSR count). The Balaban J connectivity index is 2.44. The van der Waals surface area contributed by atoms with Crippen LogP contribution >= 0.6 is 11.6 Å². The third-order valence-corrected chi connectivity index (χ3v) is 4.28. The molecule has 3 N–H and O–H groups in total. The van der Waals surface area contributed by atoms with Crippen molar-refractivity contribution in [2.24, 2.45) is 0 Å². The summed E-state index contributed by atoms with van der Waals surface area (Å²) >= 11 is 5.64. The molecule has 0 atom stereocenters. The van der Waals surface area contributed by atoms with Crippen molar-refractivity contribution in [2.75, 3.05) is 10.5 Å². The molecule has 0 bridgehead atoms. The van der Waals surface area contributed by atoms with E-state index in [0.29, 0.717) is 12.6 Å². The summed E-state index contributed by atoms with van der Waals surface area (Å²) in [5.74, 6) is -2.29. The Labute approximate surface area is 124 Å². The van der Waals surface area contributed by atoms with Gasteiger partial charge in [-0.15, -0.1) is 0 Å². The smallest absolute Gasteiger partial charge is 0.267 e. The van der Waals surface area contributed by atoms with Crippen molar-refractivity contribution in [3.8, 4) is 0 Å². The molecular weight excluding hydrogens is 326 g/mol. The third-order valence-electron chi connectivity index (χ3n) is 2.61. The van der Waals surface area contributed by atoms with Gasteiger partial charge in [0.25, 0.3) is 10.0 Å². The summed E-state index contributed by atoms with van der Waals surface area (Å²) in [7, 11) is -4.20. The zero-order valence-electron chi connectivity index (χ0n) is 10.8. The fourth-order valence-electron chi connectivity index (χ4n) is 1.62. The normalized spacial score (nSPS) is 11.6. The average Bonchev–Trinajstić information content (AvgIpc) is 2.76. The highest BCUT2D eigenvalue weighted by Crippen LogP contribution is 2.29. The van der Waals surface area contributed by atoms with Crippen molar-refractivity contribution >= 4 is 33.1 Å². The molecular formula is C11H11ClF2N4O2S. The maximum absolute atomic E-state index is 13.6. The fraction of sp³-hybridized carbons (Fsp3) is 0.182. The molecule has 0 unspecified atom stereocenters. The van der Waals surface area contributed by atoms with Gasteiger partial charge in [0, 0.05) is 18.8 Å². The van der Waals surface area contributed by atoms with Gasteiger partial charge < -0.3 is 5.73 Å². The minimum Gasteiger partial charge on any atom is -0.381 e. The van der Waals surface area contributed by atoms with Crippen LogP contribution in [-0.2, 0) is 16.6 Å². The number of hydrogen-bond donors (Lipinski definition) is 2. The second-order valence-electron chi connectivity index (χ2n) is 4.08. The predicted octanol–water partition coefficient (Wildman–Crippen LogP) is 2.22. The average molecular weight is 337 g/mol. The van der Waals surface area contributed by atoms with E-state index in [2.05, 4.69) is 5.10 Å². The van der Waals surface area contributed by atoms with Crippen molar-refractivity contribution in [3.05, 3.63) is 35.0 Å². The van der Waals surface area contributed by atoms with Crippen molar-refractivity contribution in [1.29, 1.82) is 0 Å². The molecule has 10 heteroatoms. The van der Waals surface area contributed by atoms with Gasteiger partial charge in [-0.1, -0.05) is 11.6 Å². The second-order valence-corrected chi connectivity index (χ2v) is 6.14. The number of benzene rings is 1. The topological polar surface area (TPSA) is 90.0 Å². The highest BCUT2D eigenvalue weighted by atomic mass is 35.5. The van der Waals surface area contributed by atoms with Crippen LogP contribution in [0.5, 0.6) is 0 Å². The predicted molar refractivity (Wildman–Crippen MR) is 74.5 cm³/mol. The molecule has 1 heterocycles. The number of aromatic nitrogens is 2. The minimum absolute atomic E-state index is 0.233. The molecule has 114 valence electrons. The first-order valence-corrected chi connectivity index (χ1v) is 7.61. The zero-order valence-corrected chi connectivity index (χ0v) is 12.3. The van der Waals surface area contributed by atoms with E-state index in [1.807, 2.05) is 4.72 Å². The Kier molecular flexibility index (Phi) is 4.06. The SMILES string of the molecule is CCn1cc(S(=O)(=O)Nc2c(F)cc(F)cc2Cl)c(N)n1. The standard InChI is InChI=1S/C11H11ClF2N4O2S/c1-2-18-5-9(11(15)16-18)21(19,20)17-10-7(12)3-6(13)4-8(10)14/h3-5,17H,2H2,1H3,(H2,15,16). The maximum Gasteiger partial charge on any atom is 0.267 e. The van der Waals surface area contributed by atoms with Crippen molar-refractivity contribution in [3.63, 3.8) is 0 Å². The molecule has 21 heavy (non-hydrogen) atoms. The molecule has 0 radical (unpaired) electrons. The highest BCUT2D eigenvalue weighted by molar-refractivity contribution is 7.92. The van der Waals surface area contributed by atoms with Gasteiger partial charge in [-0.25, -0.2) is 17.2 Å². The van der Waals surface area contributed by atoms with E-state index in [0.717, 1.165) is 6.07 Å². The summed E-state index contributed by atoms with van der Waals surface area (Å²) in [6, 6.07) is 1.31. The minimum atomic E-state index is -4.20. The Morgan fingerprint density at radius 2 is 2.10 bits per heavy atom. The molecule has 2 aromatic rings. The first-order valence-electron chi connectivity index (χ1n) is 5.75. The first kappa shape index (κ1) is 15.5. The Morgan fingerprint density at radius 1 is 1.43 bits per heavy atom. The molecule has 0 saturated carbocycles. The lowest BCUT2D eigenvalue weighted by Crippen LogP contribution is -2.15. The fourth-order valence-corrected chi connectivity index (χ4v) is 3.08. The Bertz CT molecular complexity index is 769. The van der Waals surface area contributed by atoms with Gasteiger partial charge in [-0.3, -0.25) is 9.40 Å². The van der Waals surface area contributed by atoms with E-state index >= 15 is 0 Å². The van der Waals surface area contributed by atoms with Crippen LogP contribution in [-0.4, -0.2) is 18.2 Å². The van der Waals surface area contributed by atoms with Gasteiger partial charge in [-0.05, 0) is 13.0 Å². The Hall–Kier alpha value is -1.87. The molecule has 0 aliphatic carbocycles. The highest BCUT2D eigenvalue weighted by Gasteiger charge is 2.24. The van der Waals surface area contributed by atoms with Gasteiger partial charge in [-0.2, -0.15) is 5.10 Å². The van der Waals surface area contributed by atoms with Crippen LogP contribution in [0.3, 0.4) is 0 Å². The Morgan fingerprint density at radius 3 is 2.62 bits per heavy atom. The largest absolute Gasteiger partial charge is 0.381 e. The van der Waals surface area contributed by atoms with Crippen LogP contribution in [0.15, 0.2) is 23.2 Å². The summed E-state index contributed by atoms with van der Waals surface area (Å²) in [5, 5.41) is 3.38. The summed E-state index contributed by atoms with van der Waals surface area (Å²) in [4.78, 5) is -0.316. The third kappa shape index (κ3) is 3.08. The maximum atomic E-state index is 13.6. The van der Waals surface area contributed by atoms with E-state index in [1.54, 1.807) is 6.92 Å². The van der Waals surface area contributed by atoms with Crippen LogP contribution in [0.2, 0.25) is 5.02 Å². The molecule has 0 aliphatic heterocycles. The van der Waals surface area contributed by atoms with Gasteiger partial charge in [0.1, 0.15) is 16.4 Å². The number of sulfonamides is 1. The summed E-state index contributed by atoms with van der Waals surface area (Å²) < 4.78 is 54.2. The van der Waals surface area contributed by atoms with Gasteiger partial charge in [0.05, 0.1) is 5.02 Å². The molecule has 0 spiro atoms. The monoisotopic (exact) mass is 336 g/mol. The van der Waals surface area contributed by atoms with E-state index < -0.39 is 32.4 Å². The number of nitrogens with zero attached hydrogens (tertiary/aromatic N) is 2. The van der Waals surface area contributed by atoms with Crippen molar-refractivity contribution < 1.29 is 17.2 Å². The quantitative estimate of drug-likeness (QED) is 0.895. The van der Waals surface area contributed by atoms with E-state index in [9.17, 15) is 17.2 Å². The van der Waals surface area contributed by atoms with Crippen LogP contribution < -0.4 is 10.5 Å². The van der Waals surface area contributed by atoms with Crippen LogP contribution in [0.25, 0.3) is 0 Å². The van der Waals surface area contributed by atoms with Gasteiger partial charge in [0.15, 0.2) is 11.6 Å². The van der Waals surface area contributed by atoms with E-state index in [-0.39, 0.29) is 10.7 Å². The van der Waals surface area contributed by atoms with Crippen LogP contribution in [0.1, 0.15) is 6.92 Å². The molecule has 0 fully saturated rings. The number of nitrogen functional groups attached to an aromatic ring is 1. The summed E-state index contributed by atoms with van der Waals surface area (Å²) in [6.07, 6.45) is 1.20. The number of nitrogens with two attached hydrogens (primary N) is 1. The number of halogens is 3. The van der Waals surface area contributed by atoms with Crippen LogP contribution in [0, 0.1) is 11.6 Å². The molecule has 0 amide bonds. The molecule has 1 aromatic heterocycles. The van der Waals surface area contributed by atoms with E-state index in [4.69, 9.17) is 17.3 Å². The number of anilines is 2. The lowest BCUT2D eigenvalue weighted by Gasteiger charge is -2.09. The molecule has 0 aliphatic rings. The number of hydrogen-bond acceptors (Lipinski definition) is 4.